The van der Waals surface area contributed by atoms with Gasteiger partial charge in [-0.15, -0.1) is 0 Å². The van der Waals surface area contributed by atoms with Gasteiger partial charge in [-0.3, -0.25) is 4.90 Å². The zero-order chi connectivity index (χ0) is 13.9. The highest BCUT2D eigenvalue weighted by Gasteiger charge is 2.26. The third-order valence-electron chi connectivity index (χ3n) is 3.94. The fourth-order valence-electron chi connectivity index (χ4n) is 2.41. The van der Waals surface area contributed by atoms with Gasteiger partial charge in [0.05, 0.1) is 5.60 Å². The number of aliphatic hydroxyl groups is 1. The molecular formula is C16H25NO2. The maximum absolute atomic E-state index is 9.90. The molecule has 1 heterocycles. The summed E-state index contributed by atoms with van der Waals surface area (Å²) in [4.78, 5) is 2.36. The lowest BCUT2D eigenvalue weighted by molar-refractivity contribution is -0.00769. The van der Waals surface area contributed by atoms with Crippen LogP contribution in [0.2, 0.25) is 0 Å². The largest absolute Gasteiger partial charge is 0.492 e. The van der Waals surface area contributed by atoms with E-state index < -0.39 is 5.60 Å². The zero-order valence-corrected chi connectivity index (χ0v) is 12.3. The maximum atomic E-state index is 9.90. The monoisotopic (exact) mass is 263 g/mol. The number of hydrogen-bond acceptors (Lipinski definition) is 3. The lowest BCUT2D eigenvalue weighted by Gasteiger charge is -2.35. The predicted octanol–water partition coefficient (Wildman–Crippen LogP) is 2.53. The van der Waals surface area contributed by atoms with Crippen LogP contribution in [0.3, 0.4) is 0 Å². The van der Waals surface area contributed by atoms with Crippen molar-refractivity contribution in [1.29, 1.82) is 0 Å². The minimum atomic E-state index is -0.468. The van der Waals surface area contributed by atoms with Crippen LogP contribution in [0.25, 0.3) is 0 Å². The standard InChI is InChI=1S/C16H25NO2/c1-13-4-5-14(2)15(12-13)19-11-10-17-8-6-16(3,18)7-9-17/h4-5,12,18H,6-11H2,1-3H3. The van der Waals surface area contributed by atoms with Gasteiger partial charge in [-0.2, -0.15) is 0 Å². The molecule has 0 saturated carbocycles. The molecule has 1 aromatic carbocycles. The Labute approximate surface area is 116 Å². The highest BCUT2D eigenvalue weighted by Crippen LogP contribution is 2.21. The van der Waals surface area contributed by atoms with E-state index >= 15 is 0 Å². The lowest BCUT2D eigenvalue weighted by Crippen LogP contribution is -2.43. The topological polar surface area (TPSA) is 32.7 Å². The van der Waals surface area contributed by atoms with Crippen molar-refractivity contribution in [2.75, 3.05) is 26.2 Å². The molecule has 0 radical (unpaired) electrons. The third-order valence-corrected chi connectivity index (χ3v) is 3.94. The van der Waals surface area contributed by atoms with Gasteiger partial charge in [-0.25, -0.2) is 0 Å². The molecule has 1 aliphatic rings. The first kappa shape index (κ1) is 14.4. The highest BCUT2D eigenvalue weighted by atomic mass is 16.5. The van der Waals surface area contributed by atoms with Gasteiger partial charge in [0.1, 0.15) is 12.4 Å². The van der Waals surface area contributed by atoms with Crippen LogP contribution < -0.4 is 4.74 Å². The molecular weight excluding hydrogens is 238 g/mol. The van der Waals surface area contributed by atoms with Gasteiger partial charge in [-0.05, 0) is 50.8 Å². The van der Waals surface area contributed by atoms with Crippen molar-refractivity contribution in [3.63, 3.8) is 0 Å². The summed E-state index contributed by atoms with van der Waals surface area (Å²) in [6.07, 6.45) is 1.72. The number of ether oxygens (including phenoxy) is 1. The molecule has 1 N–H and O–H groups in total. The molecule has 1 aliphatic heterocycles. The molecule has 1 fully saturated rings. The van der Waals surface area contributed by atoms with E-state index in [-0.39, 0.29) is 0 Å². The lowest BCUT2D eigenvalue weighted by atomic mass is 9.94. The summed E-state index contributed by atoms with van der Waals surface area (Å²) in [7, 11) is 0. The van der Waals surface area contributed by atoms with Crippen LogP contribution >= 0.6 is 0 Å². The quantitative estimate of drug-likeness (QED) is 0.906. The van der Waals surface area contributed by atoms with E-state index in [0.717, 1.165) is 38.2 Å². The molecule has 3 nitrogen and oxygen atoms in total. The molecule has 19 heavy (non-hydrogen) atoms. The third kappa shape index (κ3) is 4.22. The first-order chi connectivity index (χ1) is 8.96. The van der Waals surface area contributed by atoms with E-state index in [1.807, 2.05) is 6.92 Å². The van der Waals surface area contributed by atoms with Crippen molar-refractivity contribution < 1.29 is 9.84 Å². The fraction of sp³-hybridized carbons (Fsp3) is 0.625. The van der Waals surface area contributed by atoms with Gasteiger partial charge >= 0.3 is 0 Å². The van der Waals surface area contributed by atoms with Crippen LogP contribution in [0.5, 0.6) is 5.75 Å². The zero-order valence-electron chi connectivity index (χ0n) is 12.3. The van der Waals surface area contributed by atoms with Crippen molar-refractivity contribution in [3.8, 4) is 5.75 Å². The van der Waals surface area contributed by atoms with Crippen LogP contribution in [0.1, 0.15) is 30.9 Å². The summed E-state index contributed by atoms with van der Waals surface area (Å²) in [5.41, 5.74) is 1.95. The number of piperidine rings is 1. The molecule has 2 rings (SSSR count). The van der Waals surface area contributed by atoms with E-state index in [1.54, 1.807) is 0 Å². The Morgan fingerprint density at radius 2 is 1.95 bits per heavy atom. The molecule has 3 heteroatoms. The average Bonchev–Trinajstić information content (AvgIpc) is 2.35. The number of nitrogens with zero attached hydrogens (tertiary/aromatic N) is 1. The summed E-state index contributed by atoms with van der Waals surface area (Å²) >= 11 is 0. The summed E-state index contributed by atoms with van der Waals surface area (Å²) in [6, 6.07) is 6.30. The minimum Gasteiger partial charge on any atom is -0.492 e. The average molecular weight is 263 g/mol. The summed E-state index contributed by atoms with van der Waals surface area (Å²) in [5, 5.41) is 9.90. The van der Waals surface area contributed by atoms with Crippen molar-refractivity contribution in [3.05, 3.63) is 29.3 Å². The fourth-order valence-corrected chi connectivity index (χ4v) is 2.41. The molecule has 1 saturated heterocycles. The SMILES string of the molecule is Cc1ccc(C)c(OCCN2CCC(C)(O)CC2)c1. The van der Waals surface area contributed by atoms with E-state index in [1.165, 1.54) is 11.1 Å². The van der Waals surface area contributed by atoms with Gasteiger partial charge in [0, 0.05) is 19.6 Å². The van der Waals surface area contributed by atoms with Gasteiger partial charge in [0.15, 0.2) is 0 Å². The Morgan fingerprint density at radius 3 is 2.63 bits per heavy atom. The Hall–Kier alpha value is -1.06. The Kier molecular flexibility index (Phi) is 4.48. The molecule has 0 aromatic heterocycles. The molecule has 0 amide bonds. The van der Waals surface area contributed by atoms with Crippen molar-refractivity contribution >= 4 is 0 Å². The van der Waals surface area contributed by atoms with Gasteiger partial charge in [0.2, 0.25) is 0 Å². The van der Waals surface area contributed by atoms with Crippen molar-refractivity contribution in [2.45, 2.75) is 39.2 Å². The van der Waals surface area contributed by atoms with Gasteiger partial charge in [-0.1, -0.05) is 12.1 Å². The molecule has 0 aliphatic carbocycles. The number of benzene rings is 1. The molecule has 0 unspecified atom stereocenters. The van der Waals surface area contributed by atoms with E-state index in [0.29, 0.717) is 6.61 Å². The second kappa shape index (κ2) is 5.93. The van der Waals surface area contributed by atoms with Gasteiger partial charge in [0.25, 0.3) is 0 Å². The van der Waals surface area contributed by atoms with Gasteiger partial charge < -0.3 is 9.84 Å². The summed E-state index contributed by atoms with van der Waals surface area (Å²) < 4.78 is 5.87. The normalized spacial score (nSPS) is 19.4. The van der Waals surface area contributed by atoms with Crippen LogP contribution in [0.4, 0.5) is 0 Å². The Morgan fingerprint density at radius 1 is 1.26 bits per heavy atom. The molecule has 0 bridgehead atoms. The van der Waals surface area contributed by atoms with Crippen molar-refractivity contribution in [2.24, 2.45) is 0 Å². The van der Waals surface area contributed by atoms with Crippen LogP contribution in [-0.2, 0) is 0 Å². The highest BCUT2D eigenvalue weighted by molar-refractivity contribution is 5.35. The minimum absolute atomic E-state index is 0.468. The van der Waals surface area contributed by atoms with Crippen LogP contribution in [0.15, 0.2) is 18.2 Å². The van der Waals surface area contributed by atoms with Crippen LogP contribution in [0, 0.1) is 13.8 Å². The molecule has 0 spiro atoms. The number of hydrogen-bond donors (Lipinski definition) is 1. The summed E-state index contributed by atoms with van der Waals surface area (Å²) in [6.45, 7) is 9.66. The van der Waals surface area contributed by atoms with Crippen molar-refractivity contribution in [1.82, 2.24) is 4.90 Å². The van der Waals surface area contributed by atoms with E-state index in [4.69, 9.17) is 4.74 Å². The molecule has 106 valence electrons. The smallest absolute Gasteiger partial charge is 0.122 e. The first-order valence-electron chi connectivity index (χ1n) is 7.11. The van der Waals surface area contributed by atoms with Crippen LogP contribution in [-0.4, -0.2) is 41.8 Å². The Balaban J connectivity index is 1.76. The predicted molar refractivity (Wildman–Crippen MR) is 77.7 cm³/mol. The number of rotatable bonds is 4. The number of likely N-dealkylation sites (tertiary alicyclic amines) is 1. The first-order valence-corrected chi connectivity index (χ1v) is 7.11. The maximum Gasteiger partial charge on any atom is 0.122 e. The number of aryl methyl sites for hydroxylation is 2. The van der Waals surface area contributed by atoms with E-state index in [9.17, 15) is 5.11 Å². The summed E-state index contributed by atoms with van der Waals surface area (Å²) in [5.74, 6) is 0.990. The second-order valence-electron chi connectivity index (χ2n) is 5.96. The van der Waals surface area contributed by atoms with E-state index in [2.05, 4.69) is 36.9 Å². The second-order valence-corrected chi connectivity index (χ2v) is 5.96. The molecule has 1 aromatic rings. The Bertz CT molecular complexity index is 419. The molecule has 0 atom stereocenters.